The molecule has 1 amide bonds. The molecule has 1 aliphatic heterocycles. The molecule has 22 heavy (non-hydrogen) atoms. The van der Waals surface area contributed by atoms with Gasteiger partial charge in [-0.2, -0.15) is 0 Å². The zero-order valence-corrected chi connectivity index (χ0v) is 13.6. The number of hydrogen-bond donors (Lipinski definition) is 0. The Morgan fingerprint density at radius 1 is 1.32 bits per heavy atom. The normalized spacial score (nSPS) is 14.6. The summed E-state index contributed by atoms with van der Waals surface area (Å²) < 4.78 is 11.1. The molecule has 0 saturated heterocycles. The molecule has 0 spiro atoms. The SMILES string of the molecule is CCC(=O)c1ccc2c(c1)CN(C(=O)OC(C)(C)C)CCO2. The summed E-state index contributed by atoms with van der Waals surface area (Å²) >= 11 is 0. The molecular weight excluding hydrogens is 282 g/mol. The highest BCUT2D eigenvalue weighted by molar-refractivity contribution is 5.96. The third-order valence-corrected chi connectivity index (χ3v) is 3.34. The maximum atomic E-state index is 12.2. The van der Waals surface area contributed by atoms with Crippen LogP contribution >= 0.6 is 0 Å². The van der Waals surface area contributed by atoms with Crippen molar-refractivity contribution in [2.24, 2.45) is 0 Å². The van der Waals surface area contributed by atoms with Gasteiger partial charge in [0.15, 0.2) is 5.78 Å². The fraction of sp³-hybridized carbons (Fsp3) is 0.529. The third kappa shape index (κ3) is 4.00. The Bertz CT molecular complexity index is 575. The second-order valence-corrected chi connectivity index (χ2v) is 6.35. The van der Waals surface area contributed by atoms with Crippen molar-refractivity contribution < 1.29 is 19.1 Å². The fourth-order valence-electron chi connectivity index (χ4n) is 2.25. The molecule has 0 aliphatic carbocycles. The van der Waals surface area contributed by atoms with Gasteiger partial charge in [0.05, 0.1) is 13.1 Å². The predicted octanol–water partition coefficient (Wildman–Crippen LogP) is 3.41. The number of hydrogen-bond acceptors (Lipinski definition) is 4. The standard InChI is InChI=1S/C17H23NO4/c1-5-14(19)12-6-7-15-13(10-12)11-18(8-9-21-15)16(20)22-17(2,3)4/h6-7,10H,5,8-9,11H2,1-4H3. The molecule has 1 aliphatic rings. The number of carbonyl (C=O) groups is 2. The maximum absolute atomic E-state index is 12.2. The Kier molecular flexibility index (Phi) is 4.74. The number of carbonyl (C=O) groups excluding carboxylic acids is 2. The van der Waals surface area contributed by atoms with Gasteiger partial charge in [-0.15, -0.1) is 0 Å². The van der Waals surface area contributed by atoms with Crippen molar-refractivity contribution in [1.29, 1.82) is 0 Å². The Morgan fingerprint density at radius 3 is 2.68 bits per heavy atom. The summed E-state index contributed by atoms with van der Waals surface area (Å²) in [5.74, 6) is 0.801. The Labute approximate surface area is 131 Å². The van der Waals surface area contributed by atoms with Gasteiger partial charge in [-0.05, 0) is 39.0 Å². The lowest BCUT2D eigenvalue weighted by Crippen LogP contribution is -2.37. The second-order valence-electron chi connectivity index (χ2n) is 6.35. The minimum atomic E-state index is -0.535. The lowest BCUT2D eigenvalue weighted by Gasteiger charge is -2.26. The van der Waals surface area contributed by atoms with Gasteiger partial charge in [-0.1, -0.05) is 6.92 Å². The first-order valence-corrected chi connectivity index (χ1v) is 7.57. The first-order chi connectivity index (χ1) is 10.3. The average molecular weight is 305 g/mol. The van der Waals surface area contributed by atoms with E-state index >= 15 is 0 Å². The number of nitrogens with zero attached hydrogens (tertiary/aromatic N) is 1. The van der Waals surface area contributed by atoms with Gasteiger partial charge in [-0.3, -0.25) is 4.79 Å². The van der Waals surface area contributed by atoms with Crippen molar-refractivity contribution in [3.8, 4) is 5.75 Å². The third-order valence-electron chi connectivity index (χ3n) is 3.34. The molecular formula is C17H23NO4. The van der Waals surface area contributed by atoms with Crippen molar-refractivity contribution in [1.82, 2.24) is 4.90 Å². The maximum Gasteiger partial charge on any atom is 0.410 e. The van der Waals surface area contributed by atoms with Crippen LogP contribution in [0.1, 0.15) is 50.0 Å². The summed E-state index contributed by atoms with van der Waals surface area (Å²) in [4.78, 5) is 25.7. The van der Waals surface area contributed by atoms with E-state index in [1.54, 1.807) is 17.0 Å². The van der Waals surface area contributed by atoms with E-state index in [9.17, 15) is 9.59 Å². The monoisotopic (exact) mass is 305 g/mol. The van der Waals surface area contributed by atoms with Crippen LogP contribution in [0.25, 0.3) is 0 Å². The average Bonchev–Trinajstić information content (AvgIpc) is 2.66. The number of Topliss-reactive ketones (excluding diaryl/α,β-unsaturated/α-hetero) is 1. The number of fused-ring (bicyclic) bond motifs is 1. The highest BCUT2D eigenvalue weighted by Crippen LogP contribution is 2.25. The van der Waals surface area contributed by atoms with E-state index in [-0.39, 0.29) is 11.9 Å². The molecule has 0 fully saturated rings. The van der Waals surface area contributed by atoms with E-state index in [1.807, 2.05) is 33.8 Å². The highest BCUT2D eigenvalue weighted by atomic mass is 16.6. The molecule has 0 radical (unpaired) electrons. The van der Waals surface area contributed by atoms with Crippen molar-refractivity contribution in [2.75, 3.05) is 13.2 Å². The molecule has 2 rings (SSSR count). The molecule has 0 bridgehead atoms. The van der Waals surface area contributed by atoms with Crippen LogP contribution in [0, 0.1) is 0 Å². The number of ether oxygens (including phenoxy) is 2. The minimum Gasteiger partial charge on any atom is -0.491 e. The first kappa shape index (κ1) is 16.3. The number of rotatable bonds is 2. The van der Waals surface area contributed by atoms with Crippen molar-refractivity contribution >= 4 is 11.9 Å². The summed E-state index contributed by atoms with van der Waals surface area (Å²) in [6.07, 6.45) is 0.0891. The molecule has 0 atom stereocenters. The zero-order valence-electron chi connectivity index (χ0n) is 13.6. The highest BCUT2D eigenvalue weighted by Gasteiger charge is 2.25. The van der Waals surface area contributed by atoms with Gasteiger partial charge >= 0.3 is 6.09 Å². The van der Waals surface area contributed by atoms with E-state index in [0.717, 1.165) is 11.3 Å². The van der Waals surface area contributed by atoms with Crippen LogP contribution in [-0.2, 0) is 11.3 Å². The van der Waals surface area contributed by atoms with Gasteiger partial charge in [0, 0.05) is 17.5 Å². The van der Waals surface area contributed by atoms with Gasteiger partial charge in [0.2, 0.25) is 0 Å². The van der Waals surface area contributed by atoms with E-state index in [1.165, 1.54) is 0 Å². The Balaban J connectivity index is 2.21. The molecule has 1 heterocycles. The second kappa shape index (κ2) is 6.38. The Morgan fingerprint density at radius 2 is 2.05 bits per heavy atom. The Hall–Kier alpha value is -2.04. The van der Waals surface area contributed by atoms with E-state index in [4.69, 9.17) is 9.47 Å². The van der Waals surface area contributed by atoms with Crippen molar-refractivity contribution in [2.45, 2.75) is 46.3 Å². The molecule has 0 aromatic heterocycles. The van der Waals surface area contributed by atoms with Crippen LogP contribution < -0.4 is 4.74 Å². The summed E-state index contributed by atoms with van der Waals surface area (Å²) in [6, 6.07) is 5.38. The summed E-state index contributed by atoms with van der Waals surface area (Å²) in [6.45, 7) is 8.60. The summed E-state index contributed by atoms with van der Waals surface area (Å²) in [5, 5.41) is 0. The lowest BCUT2D eigenvalue weighted by molar-refractivity contribution is 0.0225. The van der Waals surface area contributed by atoms with Crippen molar-refractivity contribution in [3.63, 3.8) is 0 Å². The molecule has 0 saturated carbocycles. The van der Waals surface area contributed by atoms with E-state index in [2.05, 4.69) is 0 Å². The van der Waals surface area contributed by atoms with Gasteiger partial charge < -0.3 is 14.4 Å². The van der Waals surface area contributed by atoms with Crippen LogP contribution in [0.3, 0.4) is 0 Å². The molecule has 5 heteroatoms. The molecule has 0 N–H and O–H groups in total. The largest absolute Gasteiger partial charge is 0.491 e. The molecule has 0 unspecified atom stereocenters. The topological polar surface area (TPSA) is 55.8 Å². The minimum absolute atomic E-state index is 0.0795. The molecule has 1 aromatic carbocycles. The van der Waals surface area contributed by atoms with Gasteiger partial charge in [-0.25, -0.2) is 4.79 Å². The predicted molar refractivity (Wildman–Crippen MR) is 83.2 cm³/mol. The van der Waals surface area contributed by atoms with Crippen LogP contribution in [0.2, 0.25) is 0 Å². The summed E-state index contributed by atoms with van der Waals surface area (Å²) in [5.41, 5.74) is 0.950. The molecule has 5 nitrogen and oxygen atoms in total. The quantitative estimate of drug-likeness (QED) is 0.786. The number of ketones is 1. The number of benzene rings is 1. The molecule has 120 valence electrons. The van der Waals surface area contributed by atoms with Crippen molar-refractivity contribution in [3.05, 3.63) is 29.3 Å². The molecule has 1 aromatic rings. The van der Waals surface area contributed by atoms with Crippen LogP contribution in [0.5, 0.6) is 5.75 Å². The van der Waals surface area contributed by atoms with E-state index < -0.39 is 5.60 Å². The van der Waals surface area contributed by atoms with Crippen LogP contribution in [-0.4, -0.2) is 35.5 Å². The van der Waals surface area contributed by atoms with Crippen LogP contribution in [0.15, 0.2) is 18.2 Å². The number of amides is 1. The summed E-state index contributed by atoms with van der Waals surface area (Å²) in [7, 11) is 0. The van der Waals surface area contributed by atoms with Gasteiger partial charge in [0.1, 0.15) is 18.0 Å². The first-order valence-electron chi connectivity index (χ1n) is 7.57. The lowest BCUT2D eigenvalue weighted by atomic mass is 10.0. The van der Waals surface area contributed by atoms with Gasteiger partial charge in [0.25, 0.3) is 0 Å². The smallest absolute Gasteiger partial charge is 0.410 e. The van der Waals surface area contributed by atoms with Crippen LogP contribution in [0.4, 0.5) is 4.79 Å². The van der Waals surface area contributed by atoms with E-state index in [0.29, 0.717) is 31.7 Å². The fourth-order valence-corrected chi connectivity index (χ4v) is 2.25. The zero-order chi connectivity index (χ0) is 16.3.